The molecule has 1 heterocycles. The van der Waals surface area contributed by atoms with E-state index in [9.17, 15) is 5.26 Å². The fourth-order valence-corrected chi connectivity index (χ4v) is 6.95. The predicted molar refractivity (Wildman–Crippen MR) is 175 cm³/mol. The minimum atomic E-state index is -0.462. The molecular formula is C41H26N2. The van der Waals surface area contributed by atoms with E-state index in [2.05, 4.69) is 151 Å². The lowest BCUT2D eigenvalue weighted by Crippen LogP contribution is -2.28. The molecule has 2 heteroatoms. The van der Waals surface area contributed by atoms with Crippen molar-refractivity contribution in [1.29, 1.82) is 5.26 Å². The van der Waals surface area contributed by atoms with E-state index in [0.29, 0.717) is 5.56 Å². The van der Waals surface area contributed by atoms with Crippen LogP contribution in [0.4, 0.5) is 0 Å². The second-order valence-corrected chi connectivity index (χ2v) is 11.1. The van der Waals surface area contributed by atoms with Gasteiger partial charge in [0, 0.05) is 18.0 Å². The quantitative estimate of drug-likeness (QED) is 0.220. The molecule has 0 saturated heterocycles. The molecule has 43 heavy (non-hydrogen) atoms. The molecule has 0 spiro atoms. The zero-order valence-electron chi connectivity index (χ0n) is 23.4. The summed E-state index contributed by atoms with van der Waals surface area (Å²) in [4.78, 5) is 4.24. The summed E-state index contributed by atoms with van der Waals surface area (Å²) < 4.78 is 0. The zero-order valence-corrected chi connectivity index (χ0v) is 23.4. The van der Waals surface area contributed by atoms with E-state index >= 15 is 0 Å². The van der Waals surface area contributed by atoms with E-state index < -0.39 is 5.41 Å². The van der Waals surface area contributed by atoms with E-state index in [1.54, 1.807) is 12.4 Å². The first kappa shape index (κ1) is 25.0. The van der Waals surface area contributed by atoms with Gasteiger partial charge in [0.05, 0.1) is 11.0 Å². The van der Waals surface area contributed by atoms with Crippen molar-refractivity contribution in [3.05, 3.63) is 186 Å². The van der Waals surface area contributed by atoms with E-state index in [-0.39, 0.29) is 0 Å². The van der Waals surface area contributed by atoms with Gasteiger partial charge < -0.3 is 0 Å². The Labute approximate surface area is 251 Å². The lowest BCUT2D eigenvalue weighted by atomic mass is 9.67. The van der Waals surface area contributed by atoms with Crippen LogP contribution in [0.25, 0.3) is 44.2 Å². The summed E-state index contributed by atoms with van der Waals surface area (Å²) in [7, 11) is 0. The average Bonchev–Trinajstić information content (AvgIpc) is 3.40. The third-order valence-electron chi connectivity index (χ3n) is 8.86. The van der Waals surface area contributed by atoms with Crippen molar-refractivity contribution in [2.75, 3.05) is 0 Å². The molecule has 0 unspecified atom stereocenters. The number of benzene rings is 6. The van der Waals surface area contributed by atoms with Crippen LogP contribution in [0.2, 0.25) is 0 Å². The molecule has 8 rings (SSSR count). The van der Waals surface area contributed by atoms with Crippen LogP contribution in [0.5, 0.6) is 0 Å². The van der Waals surface area contributed by atoms with Crippen molar-refractivity contribution in [3.63, 3.8) is 0 Å². The highest BCUT2D eigenvalue weighted by Crippen LogP contribution is 2.58. The van der Waals surface area contributed by atoms with E-state index in [4.69, 9.17) is 0 Å². The Balaban J connectivity index is 1.38. The minimum Gasteiger partial charge on any atom is -0.263 e. The first-order valence-corrected chi connectivity index (χ1v) is 14.5. The highest BCUT2D eigenvalue weighted by molar-refractivity contribution is 6.04. The Morgan fingerprint density at radius 1 is 0.512 bits per heavy atom. The molecule has 7 aromatic rings. The third-order valence-corrected chi connectivity index (χ3v) is 8.86. The number of hydrogen-bond donors (Lipinski definition) is 0. The van der Waals surface area contributed by atoms with Crippen LogP contribution >= 0.6 is 0 Å². The standard InChI is InChI=1S/C41H26N2/c42-25-28-23-33(27-43-26-28)30-17-15-29(16-18-30)32-19-21-37-39(24-32)41(34-10-3-1-4-11-34,35-12-5-2-6-13-35)38-22-20-31-9-7-8-14-36(31)40(37)38/h1-24,26-27H. The Morgan fingerprint density at radius 3 is 1.84 bits per heavy atom. The lowest BCUT2D eigenvalue weighted by Gasteiger charge is -2.34. The largest absolute Gasteiger partial charge is 0.263 e. The molecule has 200 valence electrons. The normalized spacial score (nSPS) is 12.8. The second kappa shape index (κ2) is 9.94. The number of nitrogens with zero attached hydrogens (tertiary/aromatic N) is 2. The third kappa shape index (κ3) is 3.83. The highest BCUT2D eigenvalue weighted by atomic mass is 14.6. The molecule has 6 aromatic carbocycles. The van der Waals surface area contributed by atoms with E-state index in [0.717, 1.165) is 16.7 Å². The van der Waals surface area contributed by atoms with Gasteiger partial charge in [0.1, 0.15) is 6.07 Å². The Hall–Kier alpha value is -5.78. The number of nitriles is 1. The minimum absolute atomic E-state index is 0.462. The van der Waals surface area contributed by atoms with Gasteiger partial charge in [-0.05, 0) is 73.0 Å². The summed E-state index contributed by atoms with van der Waals surface area (Å²) in [6.45, 7) is 0. The summed E-state index contributed by atoms with van der Waals surface area (Å²) in [5, 5.41) is 11.8. The van der Waals surface area contributed by atoms with Crippen LogP contribution < -0.4 is 0 Å². The molecular weight excluding hydrogens is 520 g/mol. The van der Waals surface area contributed by atoms with Crippen molar-refractivity contribution < 1.29 is 0 Å². The first-order chi connectivity index (χ1) is 21.3. The zero-order chi connectivity index (χ0) is 28.8. The molecule has 2 nitrogen and oxygen atoms in total. The lowest BCUT2D eigenvalue weighted by molar-refractivity contribution is 0.769. The number of rotatable bonds is 4. The van der Waals surface area contributed by atoms with Crippen LogP contribution in [0.3, 0.4) is 0 Å². The fraction of sp³-hybridized carbons (Fsp3) is 0.0244. The van der Waals surface area contributed by atoms with E-state index in [1.165, 1.54) is 49.7 Å². The van der Waals surface area contributed by atoms with Gasteiger partial charge in [-0.15, -0.1) is 0 Å². The number of fused-ring (bicyclic) bond motifs is 5. The number of pyridine rings is 1. The summed E-state index contributed by atoms with van der Waals surface area (Å²) in [6, 6.07) is 54.8. The molecule has 0 amide bonds. The van der Waals surface area contributed by atoms with Gasteiger partial charge in [-0.25, -0.2) is 0 Å². The molecule has 0 atom stereocenters. The molecule has 0 radical (unpaired) electrons. The van der Waals surface area contributed by atoms with Crippen LogP contribution in [0.15, 0.2) is 158 Å². The maximum atomic E-state index is 9.32. The Morgan fingerprint density at radius 2 is 1.14 bits per heavy atom. The predicted octanol–water partition coefficient (Wildman–Crippen LogP) is 9.80. The molecule has 1 aromatic heterocycles. The second-order valence-electron chi connectivity index (χ2n) is 11.1. The van der Waals surface area contributed by atoms with Gasteiger partial charge in [-0.1, -0.05) is 133 Å². The SMILES string of the molecule is N#Cc1cncc(-c2ccc(-c3ccc4c(c3)C(c3ccccc3)(c3ccccc3)c3ccc5ccccc5c3-4)cc2)c1. The van der Waals surface area contributed by atoms with Gasteiger partial charge in [-0.2, -0.15) is 5.26 Å². The Kier molecular flexibility index (Phi) is 5.77. The topological polar surface area (TPSA) is 36.7 Å². The molecule has 0 aliphatic heterocycles. The highest BCUT2D eigenvalue weighted by Gasteiger charge is 2.46. The molecule has 1 aliphatic carbocycles. The van der Waals surface area contributed by atoms with Gasteiger partial charge in [-0.3, -0.25) is 4.98 Å². The van der Waals surface area contributed by atoms with Gasteiger partial charge in [0.15, 0.2) is 0 Å². The molecule has 0 fully saturated rings. The molecule has 0 N–H and O–H groups in total. The Bertz CT molecular complexity index is 2130. The number of aromatic nitrogens is 1. The van der Waals surface area contributed by atoms with Gasteiger partial charge in [0.2, 0.25) is 0 Å². The van der Waals surface area contributed by atoms with Crippen molar-refractivity contribution >= 4 is 10.8 Å². The van der Waals surface area contributed by atoms with E-state index in [1.807, 2.05) is 6.07 Å². The van der Waals surface area contributed by atoms with Crippen molar-refractivity contribution in [3.8, 4) is 39.4 Å². The van der Waals surface area contributed by atoms with Crippen LogP contribution in [0, 0.1) is 11.3 Å². The van der Waals surface area contributed by atoms with Gasteiger partial charge in [0.25, 0.3) is 0 Å². The smallest absolute Gasteiger partial charge is 0.101 e. The monoisotopic (exact) mass is 546 g/mol. The van der Waals surface area contributed by atoms with Crippen molar-refractivity contribution in [1.82, 2.24) is 4.98 Å². The molecule has 0 saturated carbocycles. The number of hydrogen-bond acceptors (Lipinski definition) is 2. The molecule has 1 aliphatic rings. The fourth-order valence-electron chi connectivity index (χ4n) is 6.95. The average molecular weight is 547 g/mol. The maximum absolute atomic E-state index is 9.32. The maximum Gasteiger partial charge on any atom is 0.101 e. The first-order valence-electron chi connectivity index (χ1n) is 14.5. The summed E-state index contributed by atoms with van der Waals surface area (Å²) in [6.07, 6.45) is 3.40. The summed E-state index contributed by atoms with van der Waals surface area (Å²) >= 11 is 0. The van der Waals surface area contributed by atoms with Crippen molar-refractivity contribution in [2.24, 2.45) is 0 Å². The van der Waals surface area contributed by atoms with Crippen LogP contribution in [-0.4, -0.2) is 4.98 Å². The van der Waals surface area contributed by atoms with Crippen molar-refractivity contribution in [2.45, 2.75) is 5.41 Å². The van der Waals surface area contributed by atoms with Crippen LogP contribution in [-0.2, 0) is 5.41 Å². The summed E-state index contributed by atoms with van der Waals surface area (Å²) in [5.41, 5.74) is 12.1. The van der Waals surface area contributed by atoms with Gasteiger partial charge >= 0.3 is 0 Å². The molecule has 0 bridgehead atoms. The van der Waals surface area contributed by atoms with Crippen LogP contribution in [0.1, 0.15) is 27.8 Å². The summed E-state index contributed by atoms with van der Waals surface area (Å²) in [5.74, 6) is 0.